The number of benzene rings is 1. The van der Waals surface area contributed by atoms with E-state index in [-0.39, 0.29) is 10.6 Å². The number of hydrogen-bond acceptors (Lipinski definition) is 3. The maximum absolute atomic E-state index is 10.9. The Labute approximate surface area is 108 Å². The van der Waals surface area contributed by atoms with Crippen LogP contribution in [0.15, 0.2) is 18.2 Å². The van der Waals surface area contributed by atoms with Gasteiger partial charge in [-0.25, -0.2) is 0 Å². The third kappa shape index (κ3) is 3.07. The van der Waals surface area contributed by atoms with E-state index in [9.17, 15) is 10.1 Å². The highest BCUT2D eigenvalue weighted by Gasteiger charge is 2.20. The van der Waals surface area contributed by atoms with Gasteiger partial charge < -0.3 is 5.32 Å². The molecule has 1 aliphatic carbocycles. The highest BCUT2D eigenvalue weighted by molar-refractivity contribution is 5.42. The van der Waals surface area contributed by atoms with E-state index in [4.69, 9.17) is 0 Å². The van der Waals surface area contributed by atoms with Crippen molar-refractivity contribution in [3.63, 3.8) is 0 Å². The number of rotatable bonds is 4. The van der Waals surface area contributed by atoms with Gasteiger partial charge in [0.2, 0.25) is 0 Å². The predicted molar refractivity (Wildman–Crippen MR) is 71.5 cm³/mol. The number of nitro benzene ring substituents is 1. The number of nitro groups is 1. The average molecular weight is 248 g/mol. The molecule has 98 valence electrons. The van der Waals surface area contributed by atoms with Gasteiger partial charge in [-0.1, -0.05) is 19.1 Å². The molecule has 1 aromatic rings. The Balaban J connectivity index is 1.97. The molecule has 1 aliphatic rings. The van der Waals surface area contributed by atoms with Gasteiger partial charge in [-0.2, -0.15) is 0 Å². The molecule has 0 bridgehead atoms. The standard InChI is InChI=1S/C14H20N2O2/c1-10-3-6-13(7-10)15-9-12-5-4-11(2)14(8-12)16(17)18/h4-5,8,10,13,15H,3,6-7,9H2,1-2H3. The Hall–Kier alpha value is -1.42. The summed E-state index contributed by atoms with van der Waals surface area (Å²) in [6, 6.07) is 6.04. The van der Waals surface area contributed by atoms with Gasteiger partial charge >= 0.3 is 0 Å². The second-order valence-electron chi connectivity index (χ2n) is 5.37. The molecule has 4 heteroatoms. The molecule has 1 saturated carbocycles. The summed E-state index contributed by atoms with van der Waals surface area (Å²) in [7, 11) is 0. The van der Waals surface area contributed by atoms with Crippen LogP contribution < -0.4 is 5.32 Å². The molecule has 0 aliphatic heterocycles. The van der Waals surface area contributed by atoms with Crippen LogP contribution in [0.3, 0.4) is 0 Å². The van der Waals surface area contributed by atoms with Gasteiger partial charge in [-0.15, -0.1) is 0 Å². The van der Waals surface area contributed by atoms with Gasteiger partial charge in [0.1, 0.15) is 0 Å². The lowest BCUT2D eigenvalue weighted by atomic mass is 10.1. The Bertz CT molecular complexity index is 445. The minimum Gasteiger partial charge on any atom is -0.310 e. The molecule has 0 radical (unpaired) electrons. The molecule has 0 amide bonds. The molecular formula is C14H20N2O2. The van der Waals surface area contributed by atoms with Crippen LogP contribution in [0.4, 0.5) is 5.69 Å². The Morgan fingerprint density at radius 2 is 2.22 bits per heavy atom. The van der Waals surface area contributed by atoms with Crippen molar-refractivity contribution in [3.8, 4) is 0 Å². The second kappa shape index (κ2) is 5.48. The Kier molecular flexibility index (Phi) is 3.97. The molecule has 0 heterocycles. The summed E-state index contributed by atoms with van der Waals surface area (Å²) < 4.78 is 0. The lowest BCUT2D eigenvalue weighted by molar-refractivity contribution is -0.385. The minimum absolute atomic E-state index is 0.217. The van der Waals surface area contributed by atoms with E-state index >= 15 is 0 Å². The van der Waals surface area contributed by atoms with E-state index in [1.54, 1.807) is 13.0 Å². The molecule has 1 aromatic carbocycles. The first-order valence-corrected chi connectivity index (χ1v) is 6.53. The SMILES string of the molecule is Cc1ccc(CNC2CCC(C)C2)cc1[N+](=O)[O-]. The van der Waals surface area contributed by atoms with Crippen LogP contribution in [0.5, 0.6) is 0 Å². The summed E-state index contributed by atoms with van der Waals surface area (Å²) >= 11 is 0. The van der Waals surface area contributed by atoms with Crippen LogP contribution in [0.25, 0.3) is 0 Å². The zero-order valence-electron chi connectivity index (χ0n) is 11.0. The summed E-state index contributed by atoms with van der Waals surface area (Å²) in [5.41, 5.74) is 1.93. The summed E-state index contributed by atoms with van der Waals surface area (Å²) in [4.78, 5) is 10.6. The van der Waals surface area contributed by atoms with Crippen LogP contribution in [0.2, 0.25) is 0 Å². The number of hydrogen-bond donors (Lipinski definition) is 1. The van der Waals surface area contributed by atoms with E-state index in [1.165, 1.54) is 19.3 Å². The van der Waals surface area contributed by atoms with Crippen LogP contribution in [0.1, 0.15) is 37.3 Å². The summed E-state index contributed by atoms with van der Waals surface area (Å²) in [6.07, 6.45) is 3.72. The Morgan fingerprint density at radius 1 is 1.44 bits per heavy atom. The average Bonchev–Trinajstić information content (AvgIpc) is 2.74. The fourth-order valence-electron chi connectivity index (χ4n) is 2.62. The molecule has 1 N–H and O–H groups in total. The molecule has 2 rings (SSSR count). The van der Waals surface area contributed by atoms with E-state index in [0.29, 0.717) is 6.04 Å². The van der Waals surface area contributed by atoms with E-state index in [0.717, 1.165) is 23.6 Å². The zero-order chi connectivity index (χ0) is 13.1. The topological polar surface area (TPSA) is 55.2 Å². The first-order valence-electron chi connectivity index (χ1n) is 6.53. The van der Waals surface area contributed by atoms with Crippen molar-refractivity contribution in [2.24, 2.45) is 5.92 Å². The van der Waals surface area contributed by atoms with Gasteiger partial charge in [0, 0.05) is 24.2 Å². The van der Waals surface area contributed by atoms with Crippen molar-refractivity contribution in [2.75, 3.05) is 0 Å². The van der Waals surface area contributed by atoms with E-state index in [2.05, 4.69) is 12.2 Å². The molecule has 1 fully saturated rings. The minimum atomic E-state index is -0.309. The van der Waals surface area contributed by atoms with E-state index in [1.807, 2.05) is 12.1 Å². The van der Waals surface area contributed by atoms with Crippen LogP contribution in [-0.2, 0) is 6.54 Å². The monoisotopic (exact) mass is 248 g/mol. The van der Waals surface area contributed by atoms with Crippen LogP contribution in [0, 0.1) is 23.0 Å². The van der Waals surface area contributed by atoms with Crippen LogP contribution in [-0.4, -0.2) is 11.0 Å². The third-order valence-electron chi connectivity index (χ3n) is 3.76. The quantitative estimate of drug-likeness (QED) is 0.657. The Morgan fingerprint density at radius 3 is 2.83 bits per heavy atom. The van der Waals surface area contributed by atoms with Crippen molar-refractivity contribution < 1.29 is 4.92 Å². The van der Waals surface area contributed by atoms with Crippen molar-refractivity contribution in [1.82, 2.24) is 5.32 Å². The van der Waals surface area contributed by atoms with Crippen molar-refractivity contribution in [3.05, 3.63) is 39.4 Å². The lowest BCUT2D eigenvalue weighted by Gasteiger charge is -2.12. The van der Waals surface area contributed by atoms with Gasteiger partial charge in [-0.05, 0) is 37.7 Å². The summed E-state index contributed by atoms with van der Waals surface area (Å²) in [6.45, 7) is 4.77. The zero-order valence-corrected chi connectivity index (χ0v) is 11.0. The first-order chi connectivity index (χ1) is 8.56. The van der Waals surface area contributed by atoms with Gasteiger partial charge in [-0.3, -0.25) is 10.1 Å². The maximum Gasteiger partial charge on any atom is 0.272 e. The van der Waals surface area contributed by atoms with Crippen molar-refractivity contribution >= 4 is 5.69 Å². The molecule has 0 saturated heterocycles. The fraction of sp³-hybridized carbons (Fsp3) is 0.571. The normalized spacial score (nSPS) is 23.2. The van der Waals surface area contributed by atoms with Gasteiger partial charge in [0.05, 0.1) is 4.92 Å². The molecular weight excluding hydrogens is 228 g/mol. The van der Waals surface area contributed by atoms with Crippen molar-refractivity contribution in [1.29, 1.82) is 0 Å². The van der Waals surface area contributed by atoms with Crippen LogP contribution >= 0.6 is 0 Å². The van der Waals surface area contributed by atoms with Crippen molar-refractivity contribution in [2.45, 2.75) is 45.7 Å². The first kappa shape index (κ1) is 13.0. The third-order valence-corrected chi connectivity index (χ3v) is 3.76. The molecule has 0 aromatic heterocycles. The number of nitrogens with one attached hydrogen (secondary N) is 1. The number of nitrogens with zero attached hydrogens (tertiary/aromatic N) is 1. The molecule has 2 unspecified atom stereocenters. The largest absolute Gasteiger partial charge is 0.310 e. The molecule has 18 heavy (non-hydrogen) atoms. The lowest BCUT2D eigenvalue weighted by Crippen LogP contribution is -2.25. The maximum atomic E-state index is 10.9. The highest BCUT2D eigenvalue weighted by atomic mass is 16.6. The second-order valence-corrected chi connectivity index (χ2v) is 5.37. The molecule has 2 atom stereocenters. The molecule has 4 nitrogen and oxygen atoms in total. The summed E-state index contributed by atoms with van der Waals surface area (Å²) in [5, 5.41) is 14.4. The number of aryl methyl sites for hydroxylation is 1. The van der Waals surface area contributed by atoms with Gasteiger partial charge in [0.15, 0.2) is 0 Å². The van der Waals surface area contributed by atoms with E-state index < -0.39 is 0 Å². The van der Waals surface area contributed by atoms with Gasteiger partial charge in [0.25, 0.3) is 5.69 Å². The predicted octanol–water partition coefficient (Wildman–Crippen LogP) is 3.18. The summed E-state index contributed by atoms with van der Waals surface area (Å²) in [5.74, 6) is 0.801. The molecule has 0 spiro atoms. The fourth-order valence-corrected chi connectivity index (χ4v) is 2.62. The smallest absolute Gasteiger partial charge is 0.272 e. The highest BCUT2D eigenvalue weighted by Crippen LogP contribution is 2.25.